The van der Waals surface area contributed by atoms with Crippen molar-refractivity contribution < 1.29 is 0 Å². The van der Waals surface area contributed by atoms with Gasteiger partial charge in [-0.05, 0) is 0 Å². The van der Waals surface area contributed by atoms with Crippen molar-refractivity contribution in [1.82, 2.24) is 0 Å². The quantitative estimate of drug-likeness (QED) is 0.432. The van der Waals surface area contributed by atoms with Gasteiger partial charge >= 0.3 is 37.2 Å². The van der Waals surface area contributed by atoms with E-state index in [1.807, 2.05) is 19.0 Å². The van der Waals surface area contributed by atoms with Gasteiger partial charge in [0.15, 0.2) is 0 Å². The van der Waals surface area contributed by atoms with Crippen LogP contribution in [0.3, 0.4) is 0 Å². The van der Waals surface area contributed by atoms with Crippen molar-refractivity contribution in [3.05, 3.63) is 12.1 Å². The molecule has 0 aliphatic rings. The van der Waals surface area contributed by atoms with Crippen molar-refractivity contribution in [1.29, 1.82) is 0 Å². The Bertz CT molecular complexity index is 48.9. The zero-order valence-corrected chi connectivity index (χ0v) is 3.96. The fourth-order valence-corrected chi connectivity index (χ4v) is 0.236. The average molecular weight is 84.0 g/mol. The first-order valence-corrected chi connectivity index (χ1v) is 1.95. The molecule has 0 amide bonds. The van der Waals surface area contributed by atoms with Crippen LogP contribution in [-0.2, 0) is 0 Å². The second kappa shape index (κ2) is 4.02. The molecule has 0 saturated heterocycles. The molecule has 5 heavy (non-hydrogen) atoms. The Morgan fingerprint density at radius 2 is 2.40 bits per heavy atom. The molecule has 0 nitrogen and oxygen atoms in total. The third-order valence-electron chi connectivity index (χ3n) is 0.271. The Balaban J connectivity index is 2.92. The van der Waals surface area contributed by atoms with E-state index >= 15 is 0 Å². The molecule has 0 bridgehead atoms. The van der Waals surface area contributed by atoms with Crippen molar-refractivity contribution >= 4 is 18.2 Å². The van der Waals surface area contributed by atoms with E-state index < -0.39 is 0 Å². The molecular formula is C3H5BS. The molecule has 0 saturated carbocycles. The maximum absolute atomic E-state index is 4.44. The molecule has 26 valence electrons. The summed E-state index contributed by atoms with van der Waals surface area (Å²) in [4.78, 5) is 0. The standard InChI is InChI=1S/C3H5BS/c1-2-3-4-5/h2-3H,1H3. The summed E-state index contributed by atoms with van der Waals surface area (Å²) >= 11 is 4.44. The van der Waals surface area contributed by atoms with Crippen LogP contribution in [0.5, 0.6) is 0 Å². The zero-order valence-electron chi connectivity index (χ0n) is 3.14. The van der Waals surface area contributed by atoms with Crippen LogP contribution in [-0.4, -0.2) is 6.15 Å². The van der Waals surface area contributed by atoms with Crippen molar-refractivity contribution in [2.45, 2.75) is 6.92 Å². The Labute approximate surface area is 38.0 Å². The van der Waals surface area contributed by atoms with Crippen LogP contribution in [0.2, 0.25) is 0 Å². The normalized spacial score (nSPS) is 8.20. The van der Waals surface area contributed by atoms with E-state index in [0.717, 1.165) is 0 Å². The van der Waals surface area contributed by atoms with Crippen LogP contribution in [0, 0.1) is 0 Å². The molecular weight excluding hydrogens is 78.9 g/mol. The van der Waals surface area contributed by atoms with Gasteiger partial charge in [0.2, 0.25) is 0 Å². The monoisotopic (exact) mass is 84.0 g/mol. The summed E-state index contributed by atoms with van der Waals surface area (Å²) in [7, 11) is 0. The van der Waals surface area contributed by atoms with Gasteiger partial charge in [-0.1, -0.05) is 0 Å². The Hall–Kier alpha value is 0.0249. The summed E-state index contributed by atoms with van der Waals surface area (Å²) in [5, 5.41) is 0. The second-order valence-electron chi connectivity index (χ2n) is 0.662. The summed E-state index contributed by atoms with van der Waals surface area (Å²) in [6.07, 6.45) is 3.48. The van der Waals surface area contributed by atoms with Gasteiger partial charge in [-0.15, -0.1) is 0 Å². The molecule has 0 fully saturated rings. The molecule has 0 aliphatic heterocycles. The van der Waals surface area contributed by atoms with E-state index in [1.165, 1.54) is 0 Å². The van der Waals surface area contributed by atoms with Gasteiger partial charge < -0.3 is 0 Å². The third-order valence-corrected chi connectivity index (χ3v) is 0.428. The van der Waals surface area contributed by atoms with Crippen LogP contribution in [0.1, 0.15) is 6.92 Å². The number of hydrogen-bond donors (Lipinski definition) is 0. The van der Waals surface area contributed by atoms with Gasteiger partial charge in [0.05, 0.1) is 0 Å². The molecule has 0 atom stereocenters. The van der Waals surface area contributed by atoms with Crippen molar-refractivity contribution in [2.75, 3.05) is 0 Å². The van der Waals surface area contributed by atoms with E-state index in [2.05, 4.69) is 12.1 Å². The zero-order chi connectivity index (χ0) is 4.12. The number of rotatable bonds is 1. The first kappa shape index (κ1) is 5.02. The van der Waals surface area contributed by atoms with Gasteiger partial charge in [-0.2, -0.15) is 0 Å². The fourth-order valence-electron chi connectivity index (χ4n) is 0.0786. The molecule has 0 aliphatic carbocycles. The molecule has 0 aromatic heterocycles. The van der Waals surface area contributed by atoms with Crippen LogP contribution >= 0.6 is 12.1 Å². The Morgan fingerprint density at radius 1 is 1.80 bits per heavy atom. The van der Waals surface area contributed by atoms with Crippen LogP contribution in [0.25, 0.3) is 0 Å². The van der Waals surface area contributed by atoms with Crippen molar-refractivity contribution in [3.8, 4) is 0 Å². The molecule has 0 aromatic rings. The molecule has 0 N–H and O–H groups in total. The molecule has 2 heteroatoms. The SMILES string of the molecule is CC=CB=S. The molecule has 0 radical (unpaired) electrons. The van der Waals surface area contributed by atoms with E-state index in [9.17, 15) is 0 Å². The van der Waals surface area contributed by atoms with Crippen molar-refractivity contribution in [3.63, 3.8) is 0 Å². The topological polar surface area (TPSA) is 0 Å². The van der Waals surface area contributed by atoms with Crippen molar-refractivity contribution in [2.24, 2.45) is 0 Å². The number of hydrogen-bond acceptors (Lipinski definition) is 1. The predicted octanol–water partition coefficient (Wildman–Crippen LogP) is 1.34. The van der Waals surface area contributed by atoms with E-state index in [0.29, 0.717) is 0 Å². The van der Waals surface area contributed by atoms with Gasteiger partial charge in [0.1, 0.15) is 0 Å². The van der Waals surface area contributed by atoms with E-state index in [4.69, 9.17) is 0 Å². The predicted molar refractivity (Wildman–Crippen MR) is 28.2 cm³/mol. The summed E-state index contributed by atoms with van der Waals surface area (Å²) < 4.78 is 0. The molecule has 0 aromatic carbocycles. The summed E-state index contributed by atoms with van der Waals surface area (Å²) in [6, 6.07) is 0. The molecule has 0 unspecified atom stereocenters. The summed E-state index contributed by atoms with van der Waals surface area (Å²) in [5.74, 6) is 1.81. The third kappa shape index (κ3) is 4.02. The minimum absolute atomic E-state index is 1.58. The molecule has 0 spiro atoms. The van der Waals surface area contributed by atoms with E-state index in [1.54, 1.807) is 6.15 Å². The van der Waals surface area contributed by atoms with E-state index in [-0.39, 0.29) is 0 Å². The van der Waals surface area contributed by atoms with Gasteiger partial charge in [-0.3, -0.25) is 0 Å². The van der Waals surface area contributed by atoms with Gasteiger partial charge in [0, 0.05) is 0 Å². The number of allylic oxidation sites excluding steroid dienone is 1. The van der Waals surface area contributed by atoms with Gasteiger partial charge in [-0.25, -0.2) is 0 Å². The maximum atomic E-state index is 4.44. The fraction of sp³-hybridized carbons (Fsp3) is 0.333. The first-order chi connectivity index (χ1) is 2.41. The Kier molecular flexibility index (Phi) is 4.05. The summed E-state index contributed by atoms with van der Waals surface area (Å²) in [6.45, 7) is 1.93. The average Bonchev–Trinajstić information content (AvgIpc) is 1.41. The molecule has 0 rings (SSSR count). The van der Waals surface area contributed by atoms with Crippen LogP contribution in [0.4, 0.5) is 0 Å². The summed E-state index contributed by atoms with van der Waals surface area (Å²) in [5.41, 5.74) is 0. The first-order valence-electron chi connectivity index (χ1n) is 1.48. The Morgan fingerprint density at radius 3 is 2.40 bits per heavy atom. The second-order valence-corrected chi connectivity index (χ2v) is 0.934. The minimum atomic E-state index is 1.58. The van der Waals surface area contributed by atoms with Crippen LogP contribution < -0.4 is 0 Å². The van der Waals surface area contributed by atoms with Crippen LogP contribution in [0.15, 0.2) is 12.1 Å². The van der Waals surface area contributed by atoms with Gasteiger partial charge in [0.25, 0.3) is 0 Å². The molecule has 0 heterocycles.